The van der Waals surface area contributed by atoms with Gasteiger partial charge in [0.25, 0.3) is 5.91 Å². The highest BCUT2D eigenvalue weighted by Crippen LogP contribution is 2.26. The molecule has 0 unspecified atom stereocenters. The fourth-order valence-corrected chi connectivity index (χ4v) is 3.19. The summed E-state index contributed by atoms with van der Waals surface area (Å²) in [5, 5.41) is 7.50. The third kappa shape index (κ3) is 4.11. The molecule has 0 fully saturated rings. The number of rotatable bonds is 6. The maximum Gasteiger partial charge on any atom is 0.337 e. The molecule has 0 atom stereocenters. The van der Waals surface area contributed by atoms with Crippen molar-refractivity contribution in [3.8, 4) is 11.1 Å². The number of aryl methyl sites for hydroxylation is 1. The minimum atomic E-state index is -0.425. The summed E-state index contributed by atoms with van der Waals surface area (Å²) in [5.74, 6) is -0.619. The Bertz CT molecular complexity index is 976. The molecule has 2 aromatic carbocycles. The number of carbonyl (C=O) groups is 2. The molecule has 1 heterocycles. The van der Waals surface area contributed by atoms with Gasteiger partial charge in [-0.05, 0) is 43.7 Å². The van der Waals surface area contributed by atoms with E-state index in [9.17, 15) is 9.59 Å². The number of amides is 1. The molecule has 0 radical (unpaired) electrons. The van der Waals surface area contributed by atoms with E-state index in [-0.39, 0.29) is 5.91 Å². The molecular formula is C22H23N3O3. The normalized spacial score (nSPS) is 10.5. The second-order valence-corrected chi connectivity index (χ2v) is 6.46. The quantitative estimate of drug-likeness (QED) is 0.669. The minimum Gasteiger partial charge on any atom is -0.465 e. The van der Waals surface area contributed by atoms with Crippen LogP contribution in [-0.2, 0) is 11.3 Å². The number of ether oxygens (including phenoxy) is 1. The predicted octanol–water partition coefficient (Wildman–Crippen LogP) is 3.38. The van der Waals surface area contributed by atoms with Crippen LogP contribution < -0.4 is 5.32 Å². The van der Waals surface area contributed by atoms with Crippen LogP contribution in [0.5, 0.6) is 0 Å². The molecule has 0 bridgehead atoms. The summed E-state index contributed by atoms with van der Waals surface area (Å²) in [6.45, 7) is 5.06. The van der Waals surface area contributed by atoms with Crippen molar-refractivity contribution in [3.05, 3.63) is 77.1 Å². The lowest BCUT2D eigenvalue weighted by Gasteiger charge is -2.08. The van der Waals surface area contributed by atoms with E-state index >= 15 is 0 Å². The van der Waals surface area contributed by atoms with E-state index in [1.807, 2.05) is 36.7 Å². The molecule has 144 valence electrons. The number of esters is 1. The van der Waals surface area contributed by atoms with Gasteiger partial charge in [-0.2, -0.15) is 5.10 Å². The third-order valence-corrected chi connectivity index (χ3v) is 4.62. The summed E-state index contributed by atoms with van der Waals surface area (Å²) in [6, 6.07) is 16.5. The van der Waals surface area contributed by atoms with Crippen LogP contribution in [-0.4, -0.2) is 35.3 Å². The van der Waals surface area contributed by atoms with Crippen LogP contribution in [0.2, 0.25) is 0 Å². The molecular weight excluding hydrogens is 354 g/mol. The van der Waals surface area contributed by atoms with Gasteiger partial charge < -0.3 is 10.1 Å². The van der Waals surface area contributed by atoms with E-state index in [1.54, 1.807) is 24.3 Å². The SMILES string of the molecule is COC(=O)c1ccc(C(=O)NCCn2nc(C)c(-c3ccccc3)c2C)cc1. The van der Waals surface area contributed by atoms with Crippen LogP contribution in [0.1, 0.15) is 32.1 Å². The molecule has 1 N–H and O–H groups in total. The molecule has 1 aromatic heterocycles. The van der Waals surface area contributed by atoms with Gasteiger partial charge in [0.2, 0.25) is 0 Å². The van der Waals surface area contributed by atoms with E-state index in [1.165, 1.54) is 7.11 Å². The number of aromatic nitrogens is 2. The zero-order chi connectivity index (χ0) is 20.1. The van der Waals surface area contributed by atoms with E-state index < -0.39 is 5.97 Å². The minimum absolute atomic E-state index is 0.193. The van der Waals surface area contributed by atoms with Crippen molar-refractivity contribution in [2.45, 2.75) is 20.4 Å². The van der Waals surface area contributed by atoms with Crippen molar-refractivity contribution < 1.29 is 14.3 Å². The molecule has 0 saturated carbocycles. The average molecular weight is 377 g/mol. The Morgan fingerprint density at radius 3 is 2.29 bits per heavy atom. The summed E-state index contributed by atoms with van der Waals surface area (Å²) in [6.07, 6.45) is 0. The first-order valence-corrected chi connectivity index (χ1v) is 9.07. The number of hydrogen-bond donors (Lipinski definition) is 1. The van der Waals surface area contributed by atoms with Gasteiger partial charge >= 0.3 is 5.97 Å². The van der Waals surface area contributed by atoms with Crippen molar-refractivity contribution in [1.29, 1.82) is 0 Å². The highest BCUT2D eigenvalue weighted by Gasteiger charge is 2.13. The van der Waals surface area contributed by atoms with Crippen LogP contribution in [0.4, 0.5) is 0 Å². The van der Waals surface area contributed by atoms with E-state index in [2.05, 4.69) is 27.3 Å². The van der Waals surface area contributed by atoms with Gasteiger partial charge in [-0.15, -0.1) is 0 Å². The number of benzene rings is 2. The Morgan fingerprint density at radius 1 is 1.00 bits per heavy atom. The summed E-state index contributed by atoms with van der Waals surface area (Å²) in [5.41, 5.74) is 5.21. The second-order valence-electron chi connectivity index (χ2n) is 6.46. The number of carbonyl (C=O) groups excluding carboxylic acids is 2. The van der Waals surface area contributed by atoms with Gasteiger partial charge in [-0.25, -0.2) is 4.79 Å². The van der Waals surface area contributed by atoms with Crippen LogP contribution in [0.3, 0.4) is 0 Å². The van der Waals surface area contributed by atoms with Crippen LogP contribution >= 0.6 is 0 Å². The molecule has 0 aliphatic carbocycles. The van der Waals surface area contributed by atoms with Gasteiger partial charge in [0.05, 0.1) is 24.9 Å². The summed E-state index contributed by atoms with van der Waals surface area (Å²) in [7, 11) is 1.32. The molecule has 28 heavy (non-hydrogen) atoms. The summed E-state index contributed by atoms with van der Waals surface area (Å²) < 4.78 is 6.57. The summed E-state index contributed by atoms with van der Waals surface area (Å²) >= 11 is 0. The zero-order valence-electron chi connectivity index (χ0n) is 16.2. The molecule has 0 aliphatic rings. The molecule has 0 saturated heterocycles. The standard InChI is InChI=1S/C22H23N3O3/c1-15-20(17-7-5-4-6-8-17)16(2)25(24-15)14-13-23-21(26)18-9-11-19(12-10-18)22(27)28-3/h4-12H,13-14H2,1-3H3,(H,23,26). The lowest BCUT2D eigenvalue weighted by molar-refractivity contribution is 0.0600. The van der Waals surface area contributed by atoms with Crippen LogP contribution in [0, 0.1) is 13.8 Å². The molecule has 1 amide bonds. The maximum absolute atomic E-state index is 12.3. The van der Waals surface area contributed by atoms with Crippen LogP contribution in [0.25, 0.3) is 11.1 Å². The zero-order valence-corrected chi connectivity index (χ0v) is 16.2. The first-order chi connectivity index (χ1) is 13.5. The Kier molecular flexibility index (Phi) is 5.89. The maximum atomic E-state index is 12.3. The largest absolute Gasteiger partial charge is 0.465 e. The Balaban J connectivity index is 1.62. The fraction of sp³-hybridized carbons (Fsp3) is 0.227. The van der Waals surface area contributed by atoms with E-state index in [4.69, 9.17) is 0 Å². The van der Waals surface area contributed by atoms with Crippen LogP contribution in [0.15, 0.2) is 54.6 Å². The number of hydrogen-bond acceptors (Lipinski definition) is 4. The first-order valence-electron chi connectivity index (χ1n) is 9.07. The van der Waals surface area contributed by atoms with Gasteiger partial charge in [0.15, 0.2) is 0 Å². The molecule has 0 spiro atoms. The van der Waals surface area contributed by atoms with E-state index in [0.717, 1.165) is 22.5 Å². The number of nitrogens with zero attached hydrogens (tertiary/aromatic N) is 2. The number of nitrogens with one attached hydrogen (secondary N) is 1. The smallest absolute Gasteiger partial charge is 0.337 e. The Labute approximate surface area is 164 Å². The Morgan fingerprint density at radius 2 is 1.64 bits per heavy atom. The fourth-order valence-electron chi connectivity index (χ4n) is 3.19. The third-order valence-electron chi connectivity index (χ3n) is 4.62. The molecule has 3 aromatic rings. The highest BCUT2D eigenvalue weighted by molar-refractivity contribution is 5.96. The van der Waals surface area contributed by atoms with Crippen molar-refractivity contribution in [2.75, 3.05) is 13.7 Å². The predicted molar refractivity (Wildman–Crippen MR) is 107 cm³/mol. The molecule has 0 aliphatic heterocycles. The summed E-state index contributed by atoms with van der Waals surface area (Å²) in [4.78, 5) is 23.8. The second kappa shape index (κ2) is 8.52. The van der Waals surface area contributed by atoms with Gasteiger partial charge in [0.1, 0.15) is 0 Å². The van der Waals surface area contributed by atoms with Gasteiger partial charge in [0, 0.05) is 23.4 Å². The lowest BCUT2D eigenvalue weighted by atomic mass is 10.0. The first kappa shape index (κ1) is 19.4. The van der Waals surface area contributed by atoms with Crippen molar-refractivity contribution >= 4 is 11.9 Å². The van der Waals surface area contributed by atoms with Gasteiger partial charge in [-0.3, -0.25) is 9.48 Å². The van der Waals surface area contributed by atoms with Crippen molar-refractivity contribution in [3.63, 3.8) is 0 Å². The topological polar surface area (TPSA) is 73.2 Å². The monoisotopic (exact) mass is 377 g/mol. The van der Waals surface area contributed by atoms with Crippen molar-refractivity contribution in [2.24, 2.45) is 0 Å². The van der Waals surface area contributed by atoms with Crippen molar-refractivity contribution in [1.82, 2.24) is 15.1 Å². The molecule has 3 rings (SSSR count). The average Bonchev–Trinajstić information content (AvgIpc) is 3.01. The molecule has 6 heteroatoms. The van der Waals surface area contributed by atoms with Gasteiger partial charge in [-0.1, -0.05) is 30.3 Å². The lowest BCUT2D eigenvalue weighted by Crippen LogP contribution is -2.27. The Hall–Kier alpha value is -3.41. The molecule has 6 nitrogen and oxygen atoms in total. The number of methoxy groups -OCH3 is 1. The van der Waals surface area contributed by atoms with E-state index in [0.29, 0.717) is 24.2 Å². The highest BCUT2D eigenvalue weighted by atomic mass is 16.5.